The molecule has 0 atom stereocenters. The number of nitrogens with zero attached hydrogens (tertiary/aromatic N) is 1. The van der Waals surface area contributed by atoms with Gasteiger partial charge in [-0.15, -0.1) is 0 Å². The zero-order valence-corrected chi connectivity index (χ0v) is 17.7. The van der Waals surface area contributed by atoms with Crippen molar-refractivity contribution in [3.8, 4) is 17.6 Å². The van der Waals surface area contributed by atoms with Gasteiger partial charge in [0.2, 0.25) is 0 Å². The monoisotopic (exact) mass is 497 g/mol. The van der Waals surface area contributed by atoms with Crippen molar-refractivity contribution in [2.24, 2.45) is 5.73 Å². The molecule has 3 N–H and O–H groups in total. The molecule has 0 saturated carbocycles. The summed E-state index contributed by atoms with van der Waals surface area (Å²) in [5.41, 5.74) is 6.83. The molecule has 0 spiro atoms. The number of unbranched alkanes of at least 4 members (excludes halogenated alkanes) is 2. The number of nitrogens with two attached hydrogens (primary N) is 1. The number of ether oxygens (including phenoxy) is 1. The van der Waals surface area contributed by atoms with Gasteiger partial charge in [0, 0.05) is 34.8 Å². The number of benzene rings is 2. The number of aromatic nitrogens is 1. The van der Waals surface area contributed by atoms with Crippen LogP contribution in [0.5, 0.6) is 11.5 Å². The Kier molecular flexibility index (Phi) is 8.67. The Balaban J connectivity index is 0.00000136. The summed E-state index contributed by atoms with van der Waals surface area (Å²) in [7, 11) is 0. The molecule has 1 heterocycles. The molecule has 0 aliphatic rings. The molecule has 1 aromatic heterocycles. The highest BCUT2D eigenvalue weighted by Crippen LogP contribution is 2.35. The van der Waals surface area contributed by atoms with Crippen LogP contribution in [0, 0.1) is 23.0 Å². The van der Waals surface area contributed by atoms with E-state index in [0.717, 1.165) is 36.3 Å². The third kappa shape index (κ3) is 5.20. The number of H-pyrrole nitrogens is 1. The van der Waals surface area contributed by atoms with Gasteiger partial charge in [0.05, 0.1) is 5.56 Å². The first-order valence-electron chi connectivity index (χ1n) is 8.88. The van der Waals surface area contributed by atoms with E-state index in [2.05, 4.69) is 27.6 Å². The molecule has 0 radical (unpaired) electrons. The number of hydrogen-bond donors (Lipinski definition) is 2. The highest BCUT2D eigenvalue weighted by Gasteiger charge is 2.17. The lowest BCUT2D eigenvalue weighted by atomic mass is 10.0. The van der Waals surface area contributed by atoms with Crippen molar-refractivity contribution in [1.82, 2.24) is 4.98 Å². The van der Waals surface area contributed by atoms with Gasteiger partial charge in [-0.05, 0) is 48.9 Å². The minimum Gasteiger partial charge on any atom is -0.454 e. The Morgan fingerprint density at radius 3 is 2.61 bits per heavy atom. The van der Waals surface area contributed by atoms with Crippen molar-refractivity contribution in [3.05, 3.63) is 59.3 Å². The van der Waals surface area contributed by atoms with Gasteiger partial charge < -0.3 is 15.5 Å². The summed E-state index contributed by atoms with van der Waals surface area (Å²) in [6, 6.07) is 8.81. The largest absolute Gasteiger partial charge is 0.454 e. The van der Waals surface area contributed by atoms with E-state index in [9.17, 15) is 8.78 Å². The van der Waals surface area contributed by atoms with E-state index in [1.54, 1.807) is 12.3 Å². The number of aryl methyl sites for hydroxylation is 1. The number of aromatic amines is 1. The third-order valence-corrected chi connectivity index (χ3v) is 4.28. The first-order valence-corrected chi connectivity index (χ1v) is 11.0. The summed E-state index contributed by atoms with van der Waals surface area (Å²) >= 11 is 2.15. The molecule has 148 valence electrons. The molecule has 0 aliphatic carbocycles. The number of hydrogen-bond acceptors (Lipinski definition) is 3. The van der Waals surface area contributed by atoms with Crippen molar-refractivity contribution >= 4 is 33.5 Å². The standard InChI is InChI=1S/C20H19F2N3O.CH3I/c21-17-6-5-14(10-13(17)12-24)26-20-16(4-2-1-3-8-23)15-7-9-25-19(15)11-18(20)22;1-2/h5-7,9-11,25H,1-4,8,23H2;1H3. The Morgan fingerprint density at radius 2 is 1.89 bits per heavy atom. The zero-order valence-electron chi connectivity index (χ0n) is 15.6. The van der Waals surface area contributed by atoms with E-state index in [1.165, 1.54) is 18.2 Å². The average molecular weight is 497 g/mol. The minimum atomic E-state index is -0.636. The summed E-state index contributed by atoms with van der Waals surface area (Å²) in [6.45, 7) is 0.624. The average Bonchev–Trinajstić information content (AvgIpc) is 3.18. The molecule has 0 unspecified atom stereocenters. The Morgan fingerprint density at radius 1 is 1.11 bits per heavy atom. The normalized spacial score (nSPS) is 10.3. The fourth-order valence-electron chi connectivity index (χ4n) is 2.98. The molecule has 7 heteroatoms. The van der Waals surface area contributed by atoms with E-state index < -0.39 is 11.6 Å². The molecule has 0 amide bonds. The fourth-order valence-corrected chi connectivity index (χ4v) is 2.98. The lowest BCUT2D eigenvalue weighted by Gasteiger charge is -2.14. The van der Waals surface area contributed by atoms with Crippen LogP contribution in [0.2, 0.25) is 0 Å². The van der Waals surface area contributed by atoms with Crippen LogP contribution in [0.1, 0.15) is 30.4 Å². The highest BCUT2D eigenvalue weighted by molar-refractivity contribution is 14.1. The quantitative estimate of drug-likeness (QED) is 0.245. The lowest BCUT2D eigenvalue weighted by Crippen LogP contribution is -2.00. The van der Waals surface area contributed by atoms with Gasteiger partial charge in [0.1, 0.15) is 17.6 Å². The third-order valence-electron chi connectivity index (χ3n) is 4.28. The van der Waals surface area contributed by atoms with Crippen LogP contribution in [-0.2, 0) is 6.42 Å². The molecule has 0 fully saturated rings. The van der Waals surface area contributed by atoms with Gasteiger partial charge in [0.15, 0.2) is 11.6 Å². The highest BCUT2D eigenvalue weighted by atomic mass is 127. The van der Waals surface area contributed by atoms with Crippen LogP contribution in [0.3, 0.4) is 0 Å². The van der Waals surface area contributed by atoms with Crippen molar-refractivity contribution in [2.45, 2.75) is 25.7 Å². The van der Waals surface area contributed by atoms with Crippen LogP contribution >= 0.6 is 22.6 Å². The predicted molar refractivity (Wildman–Crippen MR) is 116 cm³/mol. The minimum absolute atomic E-state index is 0.111. The van der Waals surface area contributed by atoms with E-state index in [4.69, 9.17) is 15.7 Å². The number of nitriles is 1. The van der Waals surface area contributed by atoms with Crippen LogP contribution in [0.4, 0.5) is 8.78 Å². The number of nitrogens with one attached hydrogen (secondary N) is 1. The summed E-state index contributed by atoms with van der Waals surface area (Å²) in [5.74, 6) is -0.805. The smallest absolute Gasteiger partial charge is 0.168 e. The molecule has 0 saturated heterocycles. The molecular weight excluding hydrogens is 475 g/mol. The van der Waals surface area contributed by atoms with Crippen LogP contribution in [0.25, 0.3) is 10.9 Å². The van der Waals surface area contributed by atoms with E-state index in [-0.39, 0.29) is 17.1 Å². The number of rotatable bonds is 7. The summed E-state index contributed by atoms with van der Waals surface area (Å²) in [4.78, 5) is 4.98. The number of fused-ring (bicyclic) bond motifs is 1. The molecule has 0 bridgehead atoms. The van der Waals surface area contributed by atoms with Crippen molar-refractivity contribution in [3.63, 3.8) is 0 Å². The van der Waals surface area contributed by atoms with Gasteiger partial charge in [0.25, 0.3) is 0 Å². The molecule has 3 rings (SSSR count). The van der Waals surface area contributed by atoms with E-state index in [1.807, 2.05) is 11.0 Å². The molecular formula is C21H22F2IN3O. The second-order valence-electron chi connectivity index (χ2n) is 6.06. The number of alkyl halides is 1. The van der Waals surface area contributed by atoms with Gasteiger partial charge in [-0.3, -0.25) is 0 Å². The first-order chi connectivity index (χ1) is 13.6. The maximum atomic E-state index is 14.7. The van der Waals surface area contributed by atoms with Crippen LogP contribution < -0.4 is 10.5 Å². The summed E-state index contributed by atoms with van der Waals surface area (Å²) in [5, 5.41) is 9.85. The topological polar surface area (TPSA) is 74.8 Å². The maximum Gasteiger partial charge on any atom is 0.168 e. The molecule has 0 aliphatic heterocycles. The summed E-state index contributed by atoms with van der Waals surface area (Å²) < 4.78 is 33.9. The van der Waals surface area contributed by atoms with Crippen molar-refractivity contribution in [1.29, 1.82) is 5.26 Å². The lowest BCUT2D eigenvalue weighted by molar-refractivity contribution is 0.435. The van der Waals surface area contributed by atoms with Gasteiger partial charge in [-0.25, -0.2) is 8.78 Å². The van der Waals surface area contributed by atoms with E-state index in [0.29, 0.717) is 18.5 Å². The van der Waals surface area contributed by atoms with E-state index >= 15 is 0 Å². The predicted octanol–water partition coefficient (Wildman–Crippen LogP) is 5.83. The fraction of sp³-hybridized carbons (Fsp3) is 0.286. The molecule has 28 heavy (non-hydrogen) atoms. The number of halogens is 3. The summed E-state index contributed by atoms with van der Waals surface area (Å²) in [6.07, 6.45) is 5.08. The van der Waals surface area contributed by atoms with Crippen molar-refractivity contribution in [2.75, 3.05) is 11.5 Å². The first kappa shape index (κ1) is 22.1. The zero-order chi connectivity index (χ0) is 20.5. The molecule has 2 aromatic carbocycles. The maximum absolute atomic E-state index is 14.7. The van der Waals surface area contributed by atoms with Gasteiger partial charge in [-0.2, -0.15) is 5.26 Å². The van der Waals surface area contributed by atoms with Crippen LogP contribution in [-0.4, -0.2) is 16.5 Å². The van der Waals surface area contributed by atoms with Gasteiger partial charge >= 0.3 is 0 Å². The molecule has 4 nitrogen and oxygen atoms in total. The Hall–Kier alpha value is -2.18. The second-order valence-corrected chi connectivity index (χ2v) is 6.06. The second kappa shape index (κ2) is 11.0. The van der Waals surface area contributed by atoms with Crippen LogP contribution in [0.15, 0.2) is 36.5 Å². The Labute approximate surface area is 176 Å². The van der Waals surface area contributed by atoms with Crippen molar-refractivity contribution < 1.29 is 13.5 Å². The Bertz CT molecular complexity index is 966. The molecule has 3 aromatic rings. The SMILES string of the molecule is CI.N#Cc1cc(Oc2c(F)cc3[nH]ccc3c2CCCCCN)ccc1F. The van der Waals surface area contributed by atoms with Gasteiger partial charge in [-0.1, -0.05) is 29.0 Å².